The van der Waals surface area contributed by atoms with E-state index in [0.717, 1.165) is 36.0 Å². The summed E-state index contributed by atoms with van der Waals surface area (Å²) in [5, 5.41) is 5.78. The fourth-order valence-electron chi connectivity index (χ4n) is 4.38. The summed E-state index contributed by atoms with van der Waals surface area (Å²) in [5.41, 5.74) is 3.34. The number of nitrogens with zero attached hydrogens (tertiary/aromatic N) is 1. The molecule has 1 aliphatic heterocycles. The van der Waals surface area contributed by atoms with Gasteiger partial charge in [0.05, 0.1) is 20.6 Å². The van der Waals surface area contributed by atoms with E-state index in [1.807, 2.05) is 12.1 Å². The second kappa shape index (κ2) is 9.93. The third-order valence-corrected chi connectivity index (χ3v) is 7.39. The number of carbonyl (C=O) groups excluding carboxylic acids is 1. The molecule has 6 rings (SSSR count). The van der Waals surface area contributed by atoms with Gasteiger partial charge in [0.25, 0.3) is 0 Å². The van der Waals surface area contributed by atoms with Gasteiger partial charge in [-0.25, -0.2) is 0 Å². The first-order valence-corrected chi connectivity index (χ1v) is 12.9. The third kappa shape index (κ3) is 4.77. The highest BCUT2D eigenvalue weighted by Crippen LogP contribution is 2.46. The molecule has 2 aliphatic rings. The number of hydrogen-bond acceptors (Lipinski definition) is 6. The molecular formula is C28H20Cl3NO5. The SMILES string of the molecule is O=Cc1ccc2c(c1)OCC(c1ccc(OCc3c(-c4c(Cl)cccc4Cl)noc3C3CC3)cc1Cl)O2. The Labute approximate surface area is 228 Å². The van der Waals surface area contributed by atoms with Gasteiger partial charge in [-0.2, -0.15) is 0 Å². The molecule has 6 nitrogen and oxygen atoms in total. The smallest absolute Gasteiger partial charge is 0.162 e. The van der Waals surface area contributed by atoms with Gasteiger partial charge in [-0.1, -0.05) is 52.1 Å². The molecule has 2 heterocycles. The molecule has 188 valence electrons. The number of rotatable bonds is 7. The van der Waals surface area contributed by atoms with E-state index in [4.69, 9.17) is 53.5 Å². The lowest BCUT2D eigenvalue weighted by Crippen LogP contribution is -2.22. The zero-order valence-corrected chi connectivity index (χ0v) is 21.6. The van der Waals surface area contributed by atoms with Crippen LogP contribution in [0.2, 0.25) is 15.1 Å². The number of fused-ring (bicyclic) bond motifs is 1. The van der Waals surface area contributed by atoms with E-state index in [1.165, 1.54) is 0 Å². The molecule has 0 saturated heterocycles. The molecule has 0 bridgehead atoms. The first kappa shape index (κ1) is 24.2. The van der Waals surface area contributed by atoms with Gasteiger partial charge >= 0.3 is 0 Å². The lowest BCUT2D eigenvalue weighted by molar-refractivity contribution is 0.0910. The van der Waals surface area contributed by atoms with Crippen LogP contribution in [0.15, 0.2) is 59.1 Å². The first-order valence-electron chi connectivity index (χ1n) is 11.8. The average Bonchev–Trinajstić information content (AvgIpc) is 3.67. The molecule has 0 amide bonds. The number of carbonyl (C=O) groups is 1. The molecule has 3 aromatic carbocycles. The van der Waals surface area contributed by atoms with Crippen LogP contribution in [0.4, 0.5) is 0 Å². The highest BCUT2D eigenvalue weighted by Gasteiger charge is 2.34. The summed E-state index contributed by atoms with van der Waals surface area (Å²) >= 11 is 19.5. The van der Waals surface area contributed by atoms with Crippen LogP contribution in [0.1, 0.15) is 52.1 Å². The number of ether oxygens (including phenoxy) is 3. The van der Waals surface area contributed by atoms with Crippen molar-refractivity contribution >= 4 is 41.1 Å². The zero-order chi connectivity index (χ0) is 25.5. The van der Waals surface area contributed by atoms with Crippen LogP contribution >= 0.6 is 34.8 Å². The number of aldehydes is 1. The Morgan fingerprint density at radius 2 is 1.78 bits per heavy atom. The maximum Gasteiger partial charge on any atom is 0.162 e. The second-order valence-electron chi connectivity index (χ2n) is 8.96. The Kier molecular flexibility index (Phi) is 6.49. The van der Waals surface area contributed by atoms with Crippen LogP contribution in [0.3, 0.4) is 0 Å². The summed E-state index contributed by atoms with van der Waals surface area (Å²) in [4.78, 5) is 11.0. The molecule has 1 unspecified atom stereocenters. The van der Waals surface area contributed by atoms with Crippen molar-refractivity contribution in [3.63, 3.8) is 0 Å². The van der Waals surface area contributed by atoms with Crippen molar-refractivity contribution in [3.05, 3.63) is 92.1 Å². The number of aromatic nitrogens is 1. The Morgan fingerprint density at radius 1 is 0.973 bits per heavy atom. The Morgan fingerprint density at radius 3 is 2.51 bits per heavy atom. The second-order valence-corrected chi connectivity index (χ2v) is 10.2. The molecule has 1 fully saturated rings. The summed E-state index contributed by atoms with van der Waals surface area (Å²) in [7, 11) is 0. The maximum absolute atomic E-state index is 11.0. The molecule has 1 saturated carbocycles. The average molecular weight is 557 g/mol. The van der Waals surface area contributed by atoms with Crippen LogP contribution in [-0.4, -0.2) is 18.0 Å². The predicted molar refractivity (Wildman–Crippen MR) is 140 cm³/mol. The molecule has 4 aromatic rings. The van der Waals surface area contributed by atoms with Crippen molar-refractivity contribution in [1.82, 2.24) is 5.16 Å². The standard InChI is InChI=1S/C28H20Cl3NO5/c29-20-2-1-3-21(30)26(20)27-19(28(37-32-27)16-5-6-16)13-34-17-7-8-18(22(31)11-17)25-14-35-24-10-15(12-33)4-9-23(24)36-25/h1-4,7-12,16,25H,5-6,13-14H2. The molecule has 1 aliphatic carbocycles. The van der Waals surface area contributed by atoms with Crippen LogP contribution < -0.4 is 14.2 Å². The third-order valence-electron chi connectivity index (χ3n) is 6.43. The molecule has 9 heteroatoms. The Bertz CT molecular complexity index is 1480. The van der Waals surface area contributed by atoms with Crippen molar-refractivity contribution in [2.24, 2.45) is 0 Å². The van der Waals surface area contributed by atoms with Crippen LogP contribution in [0.5, 0.6) is 17.2 Å². The van der Waals surface area contributed by atoms with Crippen molar-refractivity contribution in [3.8, 4) is 28.5 Å². The minimum atomic E-state index is -0.398. The quantitative estimate of drug-likeness (QED) is 0.214. The van der Waals surface area contributed by atoms with E-state index in [9.17, 15) is 4.79 Å². The van der Waals surface area contributed by atoms with E-state index >= 15 is 0 Å². The van der Waals surface area contributed by atoms with E-state index < -0.39 is 6.10 Å². The van der Waals surface area contributed by atoms with Crippen LogP contribution in [-0.2, 0) is 6.61 Å². The Balaban J connectivity index is 1.22. The van der Waals surface area contributed by atoms with E-state index in [1.54, 1.807) is 42.5 Å². The fraction of sp³-hybridized carbons (Fsp3) is 0.214. The van der Waals surface area contributed by atoms with Crippen molar-refractivity contribution < 1.29 is 23.5 Å². The largest absolute Gasteiger partial charge is 0.489 e. The predicted octanol–water partition coefficient (Wildman–Crippen LogP) is 8.08. The molecular weight excluding hydrogens is 537 g/mol. The van der Waals surface area contributed by atoms with Gasteiger partial charge in [0, 0.05) is 22.6 Å². The summed E-state index contributed by atoms with van der Waals surface area (Å²) in [6.45, 7) is 0.486. The summed E-state index contributed by atoms with van der Waals surface area (Å²) in [6, 6.07) is 15.8. The van der Waals surface area contributed by atoms with Crippen molar-refractivity contribution in [1.29, 1.82) is 0 Å². The highest BCUT2D eigenvalue weighted by molar-refractivity contribution is 6.39. The number of halogens is 3. The fourth-order valence-corrected chi connectivity index (χ4v) is 5.25. The Hall–Kier alpha value is -3.19. The van der Waals surface area contributed by atoms with Gasteiger partial charge in [-0.15, -0.1) is 0 Å². The van der Waals surface area contributed by atoms with E-state index in [2.05, 4.69) is 5.16 Å². The lowest BCUT2D eigenvalue weighted by atomic mass is 10.0. The maximum atomic E-state index is 11.0. The number of hydrogen-bond donors (Lipinski definition) is 0. The van der Waals surface area contributed by atoms with Gasteiger partial charge in [-0.05, 0) is 55.3 Å². The minimum absolute atomic E-state index is 0.220. The zero-order valence-electron chi connectivity index (χ0n) is 19.4. The first-order chi connectivity index (χ1) is 18.0. The molecule has 0 spiro atoms. The minimum Gasteiger partial charge on any atom is -0.489 e. The van der Waals surface area contributed by atoms with Gasteiger partial charge in [0.15, 0.2) is 17.6 Å². The van der Waals surface area contributed by atoms with Crippen molar-refractivity contribution in [2.75, 3.05) is 6.61 Å². The highest BCUT2D eigenvalue weighted by atomic mass is 35.5. The summed E-state index contributed by atoms with van der Waals surface area (Å²) < 4.78 is 23.8. The molecule has 0 radical (unpaired) electrons. The topological polar surface area (TPSA) is 70.8 Å². The van der Waals surface area contributed by atoms with Gasteiger partial charge in [0.2, 0.25) is 0 Å². The van der Waals surface area contributed by atoms with Crippen LogP contribution in [0, 0.1) is 0 Å². The molecule has 1 atom stereocenters. The van der Waals surface area contributed by atoms with E-state index in [0.29, 0.717) is 55.1 Å². The van der Waals surface area contributed by atoms with E-state index in [-0.39, 0.29) is 13.2 Å². The summed E-state index contributed by atoms with van der Waals surface area (Å²) in [5.74, 6) is 2.80. The van der Waals surface area contributed by atoms with Crippen LogP contribution in [0.25, 0.3) is 11.3 Å². The molecule has 1 aromatic heterocycles. The number of benzene rings is 3. The monoisotopic (exact) mass is 555 g/mol. The summed E-state index contributed by atoms with van der Waals surface area (Å²) in [6.07, 6.45) is 2.46. The van der Waals surface area contributed by atoms with Gasteiger partial charge < -0.3 is 18.7 Å². The molecule has 0 N–H and O–H groups in total. The van der Waals surface area contributed by atoms with Crippen molar-refractivity contribution in [2.45, 2.75) is 31.5 Å². The molecule has 37 heavy (non-hydrogen) atoms. The lowest BCUT2D eigenvalue weighted by Gasteiger charge is -2.27. The van der Waals surface area contributed by atoms with Gasteiger partial charge in [-0.3, -0.25) is 4.79 Å². The normalized spacial score (nSPS) is 16.5. The van der Waals surface area contributed by atoms with Gasteiger partial charge in [0.1, 0.15) is 36.7 Å².